The molecule has 0 aromatic heterocycles. The Balaban J connectivity index is 1.30. The van der Waals surface area contributed by atoms with E-state index in [0.717, 1.165) is 49.9 Å². The van der Waals surface area contributed by atoms with E-state index in [2.05, 4.69) is 34.2 Å². The van der Waals surface area contributed by atoms with Crippen LogP contribution in [0, 0.1) is 6.92 Å². The molecule has 0 bridgehead atoms. The number of anilines is 1. The lowest BCUT2D eigenvalue weighted by Crippen LogP contribution is -2.52. The van der Waals surface area contributed by atoms with Crippen LogP contribution in [-0.4, -0.2) is 68.3 Å². The number of fused-ring (bicyclic) bond motifs is 1. The molecule has 4 rings (SSSR count). The predicted molar refractivity (Wildman–Crippen MR) is 120 cm³/mol. The Bertz CT molecular complexity index is 925. The van der Waals surface area contributed by atoms with Crippen molar-refractivity contribution in [1.82, 2.24) is 9.80 Å². The van der Waals surface area contributed by atoms with Crippen molar-refractivity contribution in [3.63, 3.8) is 0 Å². The van der Waals surface area contributed by atoms with Gasteiger partial charge in [-0.1, -0.05) is 17.7 Å². The zero-order valence-corrected chi connectivity index (χ0v) is 18.5. The first-order valence-electron chi connectivity index (χ1n) is 10.8. The Hall–Kier alpha value is -2.77. The first-order chi connectivity index (χ1) is 15.0. The standard InChI is InChI=1S/C24H31N3O4/c1-17-4-6-21(29-3)19(14-17)16-26-8-10-27(11-9-26)18(2)24(28)25-20-5-7-22-23(15-20)31-13-12-30-22/h4-7,14-15,18H,8-13,16H2,1-3H3,(H,25,28)/t18-/m0/s1. The van der Waals surface area contributed by atoms with Crippen LogP contribution >= 0.6 is 0 Å². The van der Waals surface area contributed by atoms with E-state index in [4.69, 9.17) is 14.2 Å². The lowest BCUT2D eigenvalue weighted by Gasteiger charge is -2.37. The molecule has 2 aromatic rings. The Morgan fingerprint density at radius 2 is 1.81 bits per heavy atom. The topological polar surface area (TPSA) is 63.3 Å². The molecule has 2 aromatic carbocycles. The fourth-order valence-electron chi connectivity index (χ4n) is 4.11. The summed E-state index contributed by atoms with van der Waals surface area (Å²) in [4.78, 5) is 17.5. The third-order valence-electron chi connectivity index (χ3n) is 5.97. The number of ether oxygens (including phenoxy) is 3. The molecule has 0 saturated carbocycles. The van der Waals surface area contributed by atoms with Crippen molar-refractivity contribution in [2.75, 3.05) is 51.8 Å². The minimum absolute atomic E-state index is 0.00881. The summed E-state index contributed by atoms with van der Waals surface area (Å²) in [5.41, 5.74) is 3.17. The highest BCUT2D eigenvalue weighted by atomic mass is 16.6. The molecule has 1 saturated heterocycles. The maximum absolute atomic E-state index is 12.8. The van der Waals surface area contributed by atoms with Gasteiger partial charge >= 0.3 is 0 Å². The van der Waals surface area contributed by atoms with Crippen molar-refractivity contribution in [2.45, 2.75) is 26.4 Å². The molecule has 0 spiro atoms. The van der Waals surface area contributed by atoms with E-state index >= 15 is 0 Å². The summed E-state index contributed by atoms with van der Waals surface area (Å²) in [5, 5.41) is 3.02. The summed E-state index contributed by atoms with van der Waals surface area (Å²) in [7, 11) is 1.72. The number of hydrogen-bond donors (Lipinski definition) is 1. The number of amides is 1. The molecule has 2 heterocycles. The molecular weight excluding hydrogens is 394 g/mol. The summed E-state index contributed by atoms with van der Waals surface area (Å²) < 4.78 is 16.7. The van der Waals surface area contributed by atoms with Gasteiger partial charge in [0.05, 0.1) is 13.2 Å². The average molecular weight is 426 g/mol. The molecule has 2 aliphatic heterocycles. The smallest absolute Gasteiger partial charge is 0.241 e. The van der Waals surface area contributed by atoms with Gasteiger partial charge in [0, 0.05) is 50.0 Å². The summed E-state index contributed by atoms with van der Waals surface area (Å²) in [6.07, 6.45) is 0. The zero-order valence-electron chi connectivity index (χ0n) is 18.5. The molecule has 2 aliphatic rings. The molecule has 0 aliphatic carbocycles. The average Bonchev–Trinajstić information content (AvgIpc) is 2.79. The molecule has 1 fully saturated rings. The van der Waals surface area contributed by atoms with Crippen LogP contribution in [-0.2, 0) is 11.3 Å². The molecule has 1 atom stereocenters. The predicted octanol–water partition coefficient (Wildman–Crippen LogP) is 2.92. The van der Waals surface area contributed by atoms with Crippen LogP contribution in [0.1, 0.15) is 18.1 Å². The maximum atomic E-state index is 12.8. The fraction of sp³-hybridized carbons (Fsp3) is 0.458. The van der Waals surface area contributed by atoms with E-state index in [1.165, 1.54) is 11.1 Å². The zero-order chi connectivity index (χ0) is 21.8. The van der Waals surface area contributed by atoms with Gasteiger partial charge < -0.3 is 19.5 Å². The van der Waals surface area contributed by atoms with Crippen LogP contribution in [0.15, 0.2) is 36.4 Å². The highest BCUT2D eigenvalue weighted by Gasteiger charge is 2.26. The monoisotopic (exact) mass is 425 g/mol. The Morgan fingerprint density at radius 3 is 2.55 bits per heavy atom. The van der Waals surface area contributed by atoms with Gasteiger partial charge in [-0.3, -0.25) is 14.6 Å². The van der Waals surface area contributed by atoms with Crippen molar-refractivity contribution < 1.29 is 19.0 Å². The second kappa shape index (κ2) is 9.58. The van der Waals surface area contributed by atoms with Crippen LogP contribution in [0.5, 0.6) is 17.2 Å². The third kappa shape index (κ3) is 5.11. The number of hydrogen-bond acceptors (Lipinski definition) is 6. The Kier molecular flexibility index (Phi) is 6.63. The lowest BCUT2D eigenvalue weighted by atomic mass is 10.1. The molecule has 7 nitrogen and oxygen atoms in total. The van der Waals surface area contributed by atoms with E-state index in [-0.39, 0.29) is 11.9 Å². The van der Waals surface area contributed by atoms with Gasteiger partial charge in [0.1, 0.15) is 19.0 Å². The number of carbonyl (C=O) groups excluding carboxylic acids is 1. The first-order valence-corrected chi connectivity index (χ1v) is 10.8. The van der Waals surface area contributed by atoms with E-state index in [9.17, 15) is 4.79 Å². The highest BCUT2D eigenvalue weighted by molar-refractivity contribution is 5.94. The fourth-order valence-corrected chi connectivity index (χ4v) is 4.11. The summed E-state index contributed by atoms with van der Waals surface area (Å²) in [5.74, 6) is 2.32. The van der Waals surface area contributed by atoms with Gasteiger partial charge in [0.2, 0.25) is 5.91 Å². The summed E-state index contributed by atoms with van der Waals surface area (Å²) in [6.45, 7) is 9.54. The summed E-state index contributed by atoms with van der Waals surface area (Å²) >= 11 is 0. The van der Waals surface area contributed by atoms with Crippen LogP contribution in [0.25, 0.3) is 0 Å². The van der Waals surface area contributed by atoms with Crippen molar-refractivity contribution >= 4 is 11.6 Å². The van der Waals surface area contributed by atoms with Crippen LogP contribution < -0.4 is 19.5 Å². The number of benzene rings is 2. The Labute approximate surface area is 183 Å². The van der Waals surface area contributed by atoms with Gasteiger partial charge in [-0.05, 0) is 32.0 Å². The van der Waals surface area contributed by atoms with Gasteiger partial charge in [-0.2, -0.15) is 0 Å². The van der Waals surface area contributed by atoms with Gasteiger partial charge in [-0.25, -0.2) is 0 Å². The number of nitrogens with one attached hydrogen (secondary N) is 1. The number of aryl methyl sites for hydroxylation is 1. The normalized spacial score (nSPS) is 17.8. The van der Waals surface area contributed by atoms with Crippen molar-refractivity contribution in [3.8, 4) is 17.2 Å². The number of piperazine rings is 1. The minimum atomic E-state index is -0.205. The lowest BCUT2D eigenvalue weighted by molar-refractivity contribution is -0.121. The Morgan fingerprint density at radius 1 is 1.06 bits per heavy atom. The third-order valence-corrected chi connectivity index (χ3v) is 5.97. The molecule has 7 heteroatoms. The molecule has 0 unspecified atom stereocenters. The quantitative estimate of drug-likeness (QED) is 0.768. The first kappa shape index (κ1) is 21.5. The van der Waals surface area contributed by atoms with Crippen molar-refractivity contribution in [3.05, 3.63) is 47.5 Å². The van der Waals surface area contributed by atoms with Gasteiger partial charge in [-0.15, -0.1) is 0 Å². The molecular formula is C24H31N3O4. The number of nitrogens with zero attached hydrogens (tertiary/aromatic N) is 2. The van der Waals surface area contributed by atoms with E-state index < -0.39 is 0 Å². The second-order valence-corrected chi connectivity index (χ2v) is 8.15. The summed E-state index contributed by atoms with van der Waals surface area (Å²) in [6, 6.07) is 11.6. The van der Waals surface area contributed by atoms with Gasteiger partial charge in [0.25, 0.3) is 0 Å². The van der Waals surface area contributed by atoms with E-state index in [1.54, 1.807) is 7.11 Å². The molecule has 1 amide bonds. The van der Waals surface area contributed by atoms with Crippen LogP contribution in [0.2, 0.25) is 0 Å². The molecule has 0 radical (unpaired) electrons. The second-order valence-electron chi connectivity index (χ2n) is 8.15. The number of rotatable bonds is 6. The molecule has 1 N–H and O–H groups in total. The van der Waals surface area contributed by atoms with Crippen molar-refractivity contribution in [2.24, 2.45) is 0 Å². The SMILES string of the molecule is COc1ccc(C)cc1CN1CCN([C@@H](C)C(=O)Nc2ccc3c(c2)OCCO3)CC1. The van der Waals surface area contributed by atoms with Crippen molar-refractivity contribution in [1.29, 1.82) is 0 Å². The minimum Gasteiger partial charge on any atom is -0.496 e. The largest absolute Gasteiger partial charge is 0.496 e. The molecule has 166 valence electrons. The highest BCUT2D eigenvalue weighted by Crippen LogP contribution is 2.32. The van der Waals surface area contributed by atoms with Crippen LogP contribution in [0.4, 0.5) is 5.69 Å². The van der Waals surface area contributed by atoms with Gasteiger partial charge in [0.15, 0.2) is 11.5 Å². The maximum Gasteiger partial charge on any atom is 0.241 e. The van der Waals surface area contributed by atoms with E-state index in [1.807, 2.05) is 31.2 Å². The number of methoxy groups -OCH3 is 1. The van der Waals surface area contributed by atoms with Crippen LogP contribution in [0.3, 0.4) is 0 Å². The molecule has 31 heavy (non-hydrogen) atoms. The van der Waals surface area contributed by atoms with E-state index in [0.29, 0.717) is 19.0 Å². The number of carbonyl (C=O) groups is 1.